The molecule has 0 atom stereocenters. The molecule has 0 saturated carbocycles. The summed E-state index contributed by atoms with van der Waals surface area (Å²) in [5.74, 6) is 1.92. The minimum atomic E-state index is -0.188. The van der Waals surface area contributed by atoms with Crippen LogP contribution in [0.2, 0.25) is 0 Å². The van der Waals surface area contributed by atoms with Crippen molar-refractivity contribution in [1.82, 2.24) is 5.32 Å². The Morgan fingerprint density at radius 2 is 1.83 bits per heavy atom. The predicted molar refractivity (Wildman–Crippen MR) is 140 cm³/mol. The van der Waals surface area contributed by atoms with Crippen molar-refractivity contribution in [2.45, 2.75) is 34.2 Å². The van der Waals surface area contributed by atoms with E-state index in [0.29, 0.717) is 18.0 Å². The number of nitrogens with one attached hydrogen (secondary N) is 1. The smallest absolute Gasteiger partial charge is 0.244 e. The quantitative estimate of drug-likeness (QED) is 0.318. The molecule has 6 heteroatoms. The third kappa shape index (κ3) is 4.31. The fraction of sp³-hybridized carbons (Fsp3) is 0.233. The molecular formula is C30H29NO5. The highest BCUT2D eigenvalue weighted by molar-refractivity contribution is 6.02. The summed E-state index contributed by atoms with van der Waals surface area (Å²) in [6.45, 7) is 8.69. The first kappa shape index (κ1) is 23.5. The van der Waals surface area contributed by atoms with Gasteiger partial charge < -0.3 is 23.9 Å². The topological polar surface area (TPSA) is 69.9 Å². The molecule has 5 rings (SSSR count). The SMILES string of the molecule is COc1c(/C(C)=C/C(=O)NCc2ccc3c(c2)OCO3)cc2c(-c3ccc(C)cc3C)coc2c1C. The summed E-state index contributed by atoms with van der Waals surface area (Å²) < 4.78 is 22.5. The van der Waals surface area contributed by atoms with Crippen molar-refractivity contribution in [2.24, 2.45) is 0 Å². The fourth-order valence-electron chi connectivity index (χ4n) is 4.76. The average molecular weight is 484 g/mol. The third-order valence-electron chi connectivity index (χ3n) is 6.60. The maximum atomic E-state index is 12.8. The van der Waals surface area contributed by atoms with E-state index >= 15 is 0 Å². The first-order valence-corrected chi connectivity index (χ1v) is 11.9. The lowest BCUT2D eigenvalue weighted by Crippen LogP contribution is -2.20. The van der Waals surface area contributed by atoms with E-state index in [0.717, 1.165) is 50.1 Å². The molecule has 1 aliphatic rings. The molecule has 2 heterocycles. The van der Waals surface area contributed by atoms with Gasteiger partial charge in [0.25, 0.3) is 0 Å². The molecule has 0 spiro atoms. The van der Waals surface area contributed by atoms with Gasteiger partial charge in [-0.15, -0.1) is 0 Å². The van der Waals surface area contributed by atoms with Gasteiger partial charge in [0.05, 0.1) is 13.4 Å². The number of carbonyl (C=O) groups is 1. The molecule has 3 aromatic carbocycles. The Kier molecular flexibility index (Phi) is 6.18. The van der Waals surface area contributed by atoms with E-state index in [2.05, 4.69) is 43.4 Å². The number of hydrogen-bond acceptors (Lipinski definition) is 5. The van der Waals surface area contributed by atoms with Crippen LogP contribution in [-0.4, -0.2) is 19.8 Å². The maximum Gasteiger partial charge on any atom is 0.244 e. The van der Waals surface area contributed by atoms with Gasteiger partial charge in [0.1, 0.15) is 11.3 Å². The zero-order valence-corrected chi connectivity index (χ0v) is 21.2. The van der Waals surface area contributed by atoms with E-state index in [1.807, 2.05) is 32.0 Å². The molecule has 0 fully saturated rings. The largest absolute Gasteiger partial charge is 0.496 e. The molecule has 0 aliphatic carbocycles. The molecule has 1 aromatic heterocycles. The van der Waals surface area contributed by atoms with Crippen LogP contribution in [0.3, 0.4) is 0 Å². The summed E-state index contributed by atoms with van der Waals surface area (Å²) >= 11 is 0. The van der Waals surface area contributed by atoms with Crippen molar-refractivity contribution in [1.29, 1.82) is 0 Å². The minimum Gasteiger partial charge on any atom is -0.496 e. The number of aryl methyl sites for hydroxylation is 3. The molecule has 1 aliphatic heterocycles. The summed E-state index contributed by atoms with van der Waals surface area (Å²) in [6, 6.07) is 14.1. The van der Waals surface area contributed by atoms with E-state index in [1.165, 1.54) is 11.1 Å². The zero-order chi connectivity index (χ0) is 25.4. The second-order valence-corrected chi connectivity index (χ2v) is 9.16. The van der Waals surface area contributed by atoms with Crippen LogP contribution in [0.4, 0.5) is 0 Å². The van der Waals surface area contributed by atoms with Crippen LogP contribution in [0.25, 0.3) is 27.7 Å². The third-order valence-corrected chi connectivity index (χ3v) is 6.60. The molecule has 1 amide bonds. The van der Waals surface area contributed by atoms with Crippen LogP contribution in [-0.2, 0) is 11.3 Å². The van der Waals surface area contributed by atoms with Crippen molar-refractivity contribution in [3.05, 3.63) is 82.6 Å². The Hall–Kier alpha value is -4.19. The molecule has 0 radical (unpaired) electrons. The number of benzene rings is 3. The second-order valence-electron chi connectivity index (χ2n) is 9.16. The lowest BCUT2D eigenvalue weighted by molar-refractivity contribution is -0.116. The Balaban J connectivity index is 1.45. The number of ether oxygens (including phenoxy) is 3. The van der Waals surface area contributed by atoms with Crippen molar-refractivity contribution in [3.63, 3.8) is 0 Å². The van der Waals surface area contributed by atoms with Crippen molar-refractivity contribution < 1.29 is 23.4 Å². The van der Waals surface area contributed by atoms with Gasteiger partial charge in [0.2, 0.25) is 12.7 Å². The predicted octanol–water partition coefficient (Wildman–Crippen LogP) is 6.48. The van der Waals surface area contributed by atoms with E-state index in [9.17, 15) is 4.79 Å². The van der Waals surface area contributed by atoms with E-state index in [1.54, 1.807) is 19.4 Å². The Labute approximate surface area is 210 Å². The van der Waals surface area contributed by atoms with Crippen LogP contribution in [0.1, 0.15) is 34.7 Å². The lowest BCUT2D eigenvalue weighted by Gasteiger charge is -2.14. The van der Waals surface area contributed by atoms with Crippen molar-refractivity contribution in [2.75, 3.05) is 13.9 Å². The number of carbonyl (C=O) groups excluding carboxylic acids is 1. The molecule has 0 unspecified atom stereocenters. The summed E-state index contributed by atoms with van der Waals surface area (Å²) in [5, 5.41) is 3.94. The Morgan fingerprint density at radius 3 is 2.61 bits per heavy atom. The molecule has 36 heavy (non-hydrogen) atoms. The van der Waals surface area contributed by atoms with Crippen LogP contribution in [0.15, 0.2) is 59.2 Å². The van der Waals surface area contributed by atoms with Gasteiger partial charge in [-0.3, -0.25) is 4.79 Å². The van der Waals surface area contributed by atoms with E-state index < -0.39 is 0 Å². The van der Waals surface area contributed by atoms with E-state index in [-0.39, 0.29) is 12.7 Å². The molecule has 0 saturated heterocycles. The number of allylic oxidation sites excluding steroid dienone is 1. The number of hydrogen-bond donors (Lipinski definition) is 1. The van der Waals surface area contributed by atoms with E-state index in [4.69, 9.17) is 18.6 Å². The Morgan fingerprint density at radius 1 is 1.03 bits per heavy atom. The number of furan rings is 1. The minimum absolute atomic E-state index is 0.188. The van der Waals surface area contributed by atoms with Gasteiger partial charge >= 0.3 is 0 Å². The standard InChI is InChI=1S/C30H29NO5/c1-17-6-8-22(18(2)10-17)25-15-34-30-20(4)29(33-5)23(13-24(25)30)19(3)11-28(32)31-14-21-7-9-26-27(12-21)36-16-35-26/h6-13,15H,14,16H2,1-5H3,(H,31,32)/b19-11+. The van der Waals surface area contributed by atoms with Crippen molar-refractivity contribution in [3.8, 4) is 28.4 Å². The second kappa shape index (κ2) is 9.46. The van der Waals surface area contributed by atoms with Crippen LogP contribution in [0, 0.1) is 20.8 Å². The molecule has 0 bridgehead atoms. The highest BCUT2D eigenvalue weighted by atomic mass is 16.7. The fourth-order valence-corrected chi connectivity index (χ4v) is 4.76. The normalized spacial score (nSPS) is 12.8. The molecule has 4 aromatic rings. The number of amides is 1. The molecular weight excluding hydrogens is 454 g/mol. The maximum absolute atomic E-state index is 12.8. The molecule has 1 N–H and O–H groups in total. The Bertz CT molecular complexity index is 1510. The monoisotopic (exact) mass is 483 g/mol. The number of methoxy groups -OCH3 is 1. The van der Waals surface area contributed by atoms with Gasteiger partial charge in [-0.25, -0.2) is 0 Å². The number of fused-ring (bicyclic) bond motifs is 2. The van der Waals surface area contributed by atoms with Crippen LogP contribution in [0.5, 0.6) is 17.2 Å². The van der Waals surface area contributed by atoms with Gasteiger partial charge in [-0.05, 0) is 68.2 Å². The molecule has 184 valence electrons. The summed E-state index contributed by atoms with van der Waals surface area (Å²) in [5.41, 5.74) is 8.81. The summed E-state index contributed by atoms with van der Waals surface area (Å²) in [4.78, 5) is 12.8. The summed E-state index contributed by atoms with van der Waals surface area (Å²) in [6.07, 6.45) is 3.41. The van der Waals surface area contributed by atoms with Crippen molar-refractivity contribution >= 4 is 22.4 Å². The van der Waals surface area contributed by atoms with Crippen LogP contribution < -0.4 is 19.5 Å². The highest BCUT2D eigenvalue weighted by Crippen LogP contribution is 2.41. The zero-order valence-electron chi connectivity index (χ0n) is 21.2. The first-order chi connectivity index (χ1) is 17.4. The van der Waals surface area contributed by atoms with Gasteiger partial charge in [0, 0.05) is 34.7 Å². The average Bonchev–Trinajstić information content (AvgIpc) is 3.49. The van der Waals surface area contributed by atoms with Crippen LogP contribution >= 0.6 is 0 Å². The summed E-state index contributed by atoms with van der Waals surface area (Å²) in [7, 11) is 1.64. The lowest BCUT2D eigenvalue weighted by atomic mass is 9.94. The van der Waals surface area contributed by atoms with Gasteiger partial charge in [-0.1, -0.05) is 29.8 Å². The van der Waals surface area contributed by atoms with Gasteiger partial charge in [0.15, 0.2) is 11.5 Å². The van der Waals surface area contributed by atoms with Gasteiger partial charge in [-0.2, -0.15) is 0 Å². The molecule has 6 nitrogen and oxygen atoms in total. The first-order valence-electron chi connectivity index (χ1n) is 11.9. The highest BCUT2D eigenvalue weighted by Gasteiger charge is 2.20. The number of rotatable bonds is 6.